The first kappa shape index (κ1) is 17.9. The Kier molecular flexibility index (Phi) is 5.61. The molecule has 1 unspecified atom stereocenters. The summed E-state index contributed by atoms with van der Waals surface area (Å²) >= 11 is 0. The number of pyridine rings is 2. The quantitative estimate of drug-likeness (QED) is 0.642. The molecule has 4 rings (SSSR count). The van der Waals surface area contributed by atoms with Gasteiger partial charge in [0.1, 0.15) is 5.82 Å². The standard InChI is InChI=1S/C22H26N4O/c1-18-9-11-24-22(14-18)26-12-4-7-20(26)16-25(17-21-8-5-13-27-21)15-19-6-2-3-10-23-19/h2-4,6-7,9-12,14,21H,5,8,13,15-17H2,1H3. The van der Waals surface area contributed by atoms with Gasteiger partial charge in [0, 0.05) is 50.5 Å². The predicted octanol–water partition coefficient (Wildman–Crippen LogP) is 3.76. The van der Waals surface area contributed by atoms with Crippen molar-refractivity contribution in [2.75, 3.05) is 13.2 Å². The highest BCUT2D eigenvalue weighted by atomic mass is 16.5. The Bertz CT molecular complexity index is 856. The lowest BCUT2D eigenvalue weighted by atomic mass is 10.2. The van der Waals surface area contributed by atoms with Crippen LogP contribution in [-0.4, -0.2) is 38.7 Å². The molecule has 3 aromatic rings. The molecule has 1 saturated heterocycles. The van der Waals surface area contributed by atoms with E-state index in [2.05, 4.69) is 56.8 Å². The Morgan fingerprint density at radius 3 is 2.85 bits per heavy atom. The topological polar surface area (TPSA) is 43.2 Å². The minimum absolute atomic E-state index is 0.314. The fourth-order valence-electron chi connectivity index (χ4n) is 3.63. The van der Waals surface area contributed by atoms with Crippen LogP contribution < -0.4 is 0 Å². The van der Waals surface area contributed by atoms with Crippen LogP contribution in [0.25, 0.3) is 5.82 Å². The number of hydrogen-bond acceptors (Lipinski definition) is 4. The number of aromatic nitrogens is 3. The molecule has 0 N–H and O–H groups in total. The van der Waals surface area contributed by atoms with Gasteiger partial charge < -0.3 is 9.30 Å². The van der Waals surface area contributed by atoms with Crippen LogP contribution in [0.1, 0.15) is 29.8 Å². The zero-order valence-electron chi connectivity index (χ0n) is 15.8. The maximum Gasteiger partial charge on any atom is 0.137 e. The van der Waals surface area contributed by atoms with E-state index in [9.17, 15) is 0 Å². The molecular formula is C22H26N4O. The molecular weight excluding hydrogens is 336 g/mol. The molecule has 0 spiro atoms. The van der Waals surface area contributed by atoms with Crippen molar-refractivity contribution in [2.45, 2.75) is 39.0 Å². The second-order valence-electron chi connectivity index (χ2n) is 7.19. The van der Waals surface area contributed by atoms with E-state index in [-0.39, 0.29) is 0 Å². The number of rotatable bonds is 7. The van der Waals surface area contributed by atoms with Crippen LogP contribution in [0.3, 0.4) is 0 Å². The molecule has 1 aliphatic rings. The molecule has 0 saturated carbocycles. The van der Waals surface area contributed by atoms with Crippen LogP contribution >= 0.6 is 0 Å². The fourth-order valence-corrected chi connectivity index (χ4v) is 3.63. The largest absolute Gasteiger partial charge is 0.377 e. The molecule has 0 aromatic carbocycles. The van der Waals surface area contributed by atoms with E-state index in [1.165, 1.54) is 11.3 Å². The smallest absolute Gasteiger partial charge is 0.137 e. The third-order valence-corrected chi connectivity index (χ3v) is 4.96. The lowest BCUT2D eigenvalue weighted by Crippen LogP contribution is -2.32. The van der Waals surface area contributed by atoms with Gasteiger partial charge in [0.15, 0.2) is 0 Å². The van der Waals surface area contributed by atoms with Crippen LogP contribution in [0.5, 0.6) is 0 Å². The third kappa shape index (κ3) is 4.62. The summed E-state index contributed by atoms with van der Waals surface area (Å²) in [6.07, 6.45) is 8.42. The minimum atomic E-state index is 0.314. The van der Waals surface area contributed by atoms with Gasteiger partial charge in [-0.2, -0.15) is 0 Å². The average molecular weight is 362 g/mol. The van der Waals surface area contributed by atoms with Crippen molar-refractivity contribution < 1.29 is 4.74 Å². The van der Waals surface area contributed by atoms with E-state index in [0.29, 0.717) is 6.10 Å². The number of ether oxygens (including phenoxy) is 1. The monoisotopic (exact) mass is 362 g/mol. The zero-order chi connectivity index (χ0) is 18.5. The minimum Gasteiger partial charge on any atom is -0.377 e. The SMILES string of the molecule is Cc1ccnc(-n2cccc2CN(Cc2ccccn2)CC2CCCO2)c1. The molecule has 4 heterocycles. The highest BCUT2D eigenvalue weighted by molar-refractivity contribution is 5.31. The molecule has 1 atom stereocenters. The highest BCUT2D eigenvalue weighted by Crippen LogP contribution is 2.19. The third-order valence-electron chi connectivity index (χ3n) is 4.96. The number of aryl methyl sites for hydroxylation is 1. The summed E-state index contributed by atoms with van der Waals surface area (Å²) in [7, 11) is 0. The van der Waals surface area contributed by atoms with E-state index in [1.807, 2.05) is 30.6 Å². The van der Waals surface area contributed by atoms with Gasteiger partial charge >= 0.3 is 0 Å². The molecule has 0 aliphatic carbocycles. The van der Waals surface area contributed by atoms with Crippen LogP contribution in [0, 0.1) is 6.92 Å². The zero-order valence-corrected chi connectivity index (χ0v) is 15.8. The summed E-state index contributed by atoms with van der Waals surface area (Å²) in [5, 5.41) is 0. The molecule has 1 fully saturated rings. The first-order valence-corrected chi connectivity index (χ1v) is 9.61. The van der Waals surface area contributed by atoms with Crippen molar-refractivity contribution in [3.8, 4) is 5.82 Å². The Labute approximate surface area is 160 Å². The summed E-state index contributed by atoms with van der Waals surface area (Å²) in [6, 6.07) is 14.5. The van der Waals surface area contributed by atoms with Crippen molar-refractivity contribution in [1.29, 1.82) is 0 Å². The van der Waals surface area contributed by atoms with Gasteiger partial charge in [0.25, 0.3) is 0 Å². The summed E-state index contributed by atoms with van der Waals surface area (Å²) < 4.78 is 8.06. The van der Waals surface area contributed by atoms with E-state index in [1.54, 1.807) is 0 Å². The van der Waals surface area contributed by atoms with Gasteiger partial charge in [-0.05, 0) is 61.7 Å². The van der Waals surface area contributed by atoms with Gasteiger partial charge in [-0.25, -0.2) is 4.98 Å². The normalized spacial score (nSPS) is 16.9. The van der Waals surface area contributed by atoms with Crippen LogP contribution in [0.2, 0.25) is 0 Å². The Morgan fingerprint density at radius 1 is 1.11 bits per heavy atom. The molecule has 27 heavy (non-hydrogen) atoms. The second-order valence-corrected chi connectivity index (χ2v) is 7.19. The van der Waals surface area contributed by atoms with Crippen molar-refractivity contribution in [3.63, 3.8) is 0 Å². The first-order chi connectivity index (χ1) is 13.3. The van der Waals surface area contributed by atoms with E-state index < -0.39 is 0 Å². The van der Waals surface area contributed by atoms with Crippen molar-refractivity contribution >= 4 is 0 Å². The molecule has 0 bridgehead atoms. The van der Waals surface area contributed by atoms with Crippen molar-refractivity contribution in [3.05, 3.63) is 78.0 Å². The van der Waals surface area contributed by atoms with Gasteiger partial charge in [0.05, 0.1) is 11.8 Å². The molecule has 0 radical (unpaired) electrons. The number of nitrogens with zero attached hydrogens (tertiary/aromatic N) is 4. The van der Waals surface area contributed by atoms with Crippen LogP contribution in [0.15, 0.2) is 61.1 Å². The van der Waals surface area contributed by atoms with Gasteiger partial charge in [-0.3, -0.25) is 9.88 Å². The van der Waals surface area contributed by atoms with Crippen LogP contribution in [0.4, 0.5) is 0 Å². The van der Waals surface area contributed by atoms with Gasteiger partial charge in [-0.15, -0.1) is 0 Å². The Hall–Kier alpha value is -2.50. The van der Waals surface area contributed by atoms with E-state index in [0.717, 1.165) is 50.6 Å². The van der Waals surface area contributed by atoms with Crippen molar-refractivity contribution in [1.82, 2.24) is 19.4 Å². The molecule has 5 heteroatoms. The fraction of sp³-hybridized carbons (Fsp3) is 0.364. The summed E-state index contributed by atoms with van der Waals surface area (Å²) in [5.41, 5.74) is 3.52. The Morgan fingerprint density at radius 2 is 2.07 bits per heavy atom. The highest BCUT2D eigenvalue weighted by Gasteiger charge is 2.21. The first-order valence-electron chi connectivity index (χ1n) is 9.61. The molecule has 0 amide bonds. The maximum absolute atomic E-state index is 5.89. The summed E-state index contributed by atoms with van der Waals surface area (Å²) in [6.45, 7) is 5.54. The molecule has 3 aromatic heterocycles. The average Bonchev–Trinajstić information content (AvgIpc) is 3.34. The molecule has 5 nitrogen and oxygen atoms in total. The Balaban J connectivity index is 1.55. The lowest BCUT2D eigenvalue weighted by Gasteiger charge is -2.25. The lowest BCUT2D eigenvalue weighted by molar-refractivity contribution is 0.0669. The summed E-state index contributed by atoms with van der Waals surface area (Å²) in [4.78, 5) is 11.5. The molecule has 1 aliphatic heterocycles. The van der Waals surface area contributed by atoms with Crippen LogP contribution in [-0.2, 0) is 17.8 Å². The van der Waals surface area contributed by atoms with E-state index >= 15 is 0 Å². The summed E-state index contributed by atoms with van der Waals surface area (Å²) in [5.74, 6) is 0.963. The second kappa shape index (κ2) is 8.46. The molecule has 140 valence electrons. The van der Waals surface area contributed by atoms with Gasteiger partial charge in [-0.1, -0.05) is 6.07 Å². The van der Waals surface area contributed by atoms with E-state index in [4.69, 9.17) is 4.74 Å². The maximum atomic E-state index is 5.89. The van der Waals surface area contributed by atoms with Crippen molar-refractivity contribution in [2.24, 2.45) is 0 Å². The van der Waals surface area contributed by atoms with Gasteiger partial charge in [0.2, 0.25) is 0 Å². The predicted molar refractivity (Wildman–Crippen MR) is 106 cm³/mol. The number of hydrogen-bond donors (Lipinski definition) is 0.